The number of rotatable bonds is 8. The third kappa shape index (κ3) is 4.21. The van der Waals surface area contributed by atoms with E-state index in [1.165, 1.54) is 11.0 Å². The zero-order valence-electron chi connectivity index (χ0n) is 17.7. The van der Waals surface area contributed by atoms with Crippen LogP contribution in [0, 0.1) is 29.5 Å². The summed E-state index contributed by atoms with van der Waals surface area (Å²) in [5.74, 6) is 0.337. The smallest absolute Gasteiger partial charge is 0.233 e. The van der Waals surface area contributed by atoms with Crippen LogP contribution >= 0.6 is 0 Å². The minimum Gasteiger partial charge on any atom is -0.392 e. The van der Waals surface area contributed by atoms with Crippen molar-refractivity contribution in [1.82, 2.24) is 15.5 Å². The predicted molar refractivity (Wildman–Crippen MR) is 114 cm³/mol. The van der Waals surface area contributed by atoms with Gasteiger partial charge in [0.2, 0.25) is 11.8 Å². The monoisotopic (exact) mass is 428 g/mol. The topological polar surface area (TPSA) is 94.0 Å². The Morgan fingerprint density at radius 2 is 1.90 bits per heavy atom. The Bertz CT molecular complexity index is 886. The molecule has 3 N–H and O–H groups in total. The molecular formula is C23H29FN4O3. The fraction of sp³-hybridized carbons (Fsp3) is 0.522. The van der Waals surface area contributed by atoms with Gasteiger partial charge in [-0.25, -0.2) is 9.38 Å². The van der Waals surface area contributed by atoms with E-state index in [2.05, 4.69) is 27.8 Å². The van der Waals surface area contributed by atoms with Crippen LogP contribution in [-0.2, 0) is 22.7 Å². The summed E-state index contributed by atoms with van der Waals surface area (Å²) in [4.78, 5) is 31.4. The molecule has 8 heteroatoms. The highest BCUT2D eigenvalue weighted by Crippen LogP contribution is 2.52. The summed E-state index contributed by atoms with van der Waals surface area (Å²) in [6.45, 7) is 3.60. The number of benzene rings is 1. The molecule has 0 aromatic heterocycles. The molecule has 2 fully saturated rings. The second kappa shape index (κ2) is 9.18. The van der Waals surface area contributed by atoms with Crippen LogP contribution in [0.4, 0.5) is 4.39 Å². The normalized spacial score (nSPS) is 26.7. The number of guanidine groups is 1. The van der Waals surface area contributed by atoms with Crippen molar-refractivity contribution >= 4 is 17.8 Å². The predicted octanol–water partition coefficient (Wildman–Crippen LogP) is 1.57. The fourth-order valence-electron chi connectivity index (χ4n) is 4.99. The number of carbonyl (C=O) groups is 2. The van der Waals surface area contributed by atoms with Crippen molar-refractivity contribution < 1.29 is 19.1 Å². The van der Waals surface area contributed by atoms with Crippen molar-refractivity contribution in [3.05, 3.63) is 47.3 Å². The van der Waals surface area contributed by atoms with Crippen LogP contribution < -0.4 is 10.6 Å². The number of aliphatic hydroxyl groups excluding tert-OH is 1. The van der Waals surface area contributed by atoms with Crippen molar-refractivity contribution in [2.75, 3.05) is 19.6 Å². The van der Waals surface area contributed by atoms with E-state index in [9.17, 15) is 19.1 Å². The molecule has 0 spiro atoms. The molecule has 1 aromatic rings. The number of aliphatic imine (C=N–C) groups is 1. The first-order valence-electron chi connectivity index (χ1n) is 11.0. The van der Waals surface area contributed by atoms with E-state index in [1.807, 2.05) is 6.92 Å². The van der Waals surface area contributed by atoms with Gasteiger partial charge in [0.05, 0.1) is 25.0 Å². The van der Waals surface area contributed by atoms with Crippen molar-refractivity contribution in [3.63, 3.8) is 0 Å². The van der Waals surface area contributed by atoms with Gasteiger partial charge in [0.1, 0.15) is 5.82 Å². The summed E-state index contributed by atoms with van der Waals surface area (Å²) in [5, 5.41) is 15.6. The molecule has 31 heavy (non-hydrogen) atoms. The lowest BCUT2D eigenvalue weighted by Crippen LogP contribution is -2.40. The second-order valence-corrected chi connectivity index (χ2v) is 8.39. The van der Waals surface area contributed by atoms with Gasteiger partial charge < -0.3 is 15.7 Å². The van der Waals surface area contributed by atoms with Crippen LogP contribution in [0.2, 0.25) is 0 Å². The SMILES string of the molecule is CCNC(=NCc1ccc(F)c(CO)c1)NCCCN1C(=O)C2C3C=CC(C3)C2C1=O. The van der Waals surface area contributed by atoms with Gasteiger partial charge in [-0.15, -0.1) is 0 Å². The largest absolute Gasteiger partial charge is 0.392 e. The number of carbonyl (C=O) groups excluding carboxylic acids is 2. The third-order valence-electron chi connectivity index (χ3n) is 6.46. The lowest BCUT2D eigenvalue weighted by Gasteiger charge is -2.18. The Labute approximate surface area is 181 Å². The molecule has 3 aliphatic rings. The van der Waals surface area contributed by atoms with E-state index in [4.69, 9.17) is 0 Å². The minimum absolute atomic E-state index is 0.0107. The number of nitrogens with one attached hydrogen (secondary N) is 2. The summed E-state index contributed by atoms with van der Waals surface area (Å²) in [7, 11) is 0. The van der Waals surface area contributed by atoms with Crippen LogP contribution in [0.25, 0.3) is 0 Å². The first-order chi connectivity index (χ1) is 15.0. The Balaban J connectivity index is 1.28. The van der Waals surface area contributed by atoms with E-state index in [0.717, 1.165) is 12.0 Å². The average Bonchev–Trinajstić information content (AvgIpc) is 3.45. The molecule has 2 bridgehead atoms. The van der Waals surface area contributed by atoms with Crippen molar-refractivity contribution in [2.45, 2.75) is 32.9 Å². The zero-order chi connectivity index (χ0) is 22.0. The van der Waals surface area contributed by atoms with Crippen LogP contribution in [0.3, 0.4) is 0 Å². The first-order valence-corrected chi connectivity index (χ1v) is 11.0. The number of hydrogen-bond acceptors (Lipinski definition) is 4. The summed E-state index contributed by atoms with van der Waals surface area (Å²) < 4.78 is 13.5. The lowest BCUT2D eigenvalue weighted by atomic mass is 9.85. The van der Waals surface area contributed by atoms with Crippen LogP contribution in [0.1, 0.15) is 30.9 Å². The third-order valence-corrected chi connectivity index (χ3v) is 6.46. The van der Waals surface area contributed by atoms with E-state index < -0.39 is 5.82 Å². The van der Waals surface area contributed by atoms with Gasteiger partial charge in [0, 0.05) is 25.2 Å². The standard InChI is InChI=1S/C23H29FN4O3/c1-2-25-23(27-12-14-4-7-18(24)17(10-14)13-29)26-8-3-9-28-21(30)19-15-5-6-16(11-15)20(19)22(28)31/h4-7,10,15-16,19-20,29H,2-3,8-9,11-13H2,1H3,(H2,25,26,27). The molecule has 4 unspecified atom stereocenters. The fourth-order valence-corrected chi connectivity index (χ4v) is 4.99. The Kier molecular flexibility index (Phi) is 6.36. The van der Waals surface area contributed by atoms with Crippen LogP contribution in [-0.4, -0.2) is 47.4 Å². The van der Waals surface area contributed by atoms with E-state index in [0.29, 0.717) is 38.6 Å². The zero-order valence-corrected chi connectivity index (χ0v) is 17.7. The number of allylic oxidation sites excluding steroid dienone is 2. The molecule has 7 nitrogen and oxygen atoms in total. The summed E-state index contributed by atoms with van der Waals surface area (Å²) >= 11 is 0. The van der Waals surface area contributed by atoms with Gasteiger partial charge >= 0.3 is 0 Å². The molecule has 1 heterocycles. The number of imide groups is 1. The average molecular weight is 429 g/mol. The number of hydrogen-bond donors (Lipinski definition) is 3. The van der Waals surface area contributed by atoms with E-state index in [-0.39, 0.29) is 47.7 Å². The summed E-state index contributed by atoms with van der Waals surface area (Å²) in [6.07, 6.45) is 5.78. The molecule has 4 rings (SSSR count). The van der Waals surface area contributed by atoms with Crippen LogP contribution in [0.15, 0.2) is 35.3 Å². The maximum atomic E-state index is 13.5. The van der Waals surface area contributed by atoms with Crippen LogP contribution in [0.5, 0.6) is 0 Å². The van der Waals surface area contributed by atoms with E-state index in [1.54, 1.807) is 12.1 Å². The molecule has 2 aliphatic carbocycles. The number of nitrogens with zero attached hydrogens (tertiary/aromatic N) is 2. The van der Waals surface area contributed by atoms with Crippen molar-refractivity contribution in [2.24, 2.45) is 28.7 Å². The number of halogens is 1. The number of amides is 2. The van der Waals surface area contributed by atoms with Gasteiger partial charge in [-0.2, -0.15) is 0 Å². The molecule has 1 aliphatic heterocycles. The highest BCUT2D eigenvalue weighted by molar-refractivity contribution is 6.06. The Morgan fingerprint density at radius 3 is 2.55 bits per heavy atom. The maximum Gasteiger partial charge on any atom is 0.233 e. The van der Waals surface area contributed by atoms with Gasteiger partial charge in [-0.05, 0) is 49.3 Å². The first kappa shape index (κ1) is 21.5. The highest BCUT2D eigenvalue weighted by Gasteiger charge is 2.58. The van der Waals surface area contributed by atoms with Gasteiger partial charge in [0.15, 0.2) is 5.96 Å². The van der Waals surface area contributed by atoms with Crippen molar-refractivity contribution in [3.8, 4) is 0 Å². The lowest BCUT2D eigenvalue weighted by molar-refractivity contribution is -0.140. The molecule has 1 saturated carbocycles. The second-order valence-electron chi connectivity index (χ2n) is 8.39. The number of aliphatic hydroxyl groups is 1. The molecule has 4 atom stereocenters. The minimum atomic E-state index is -0.431. The number of likely N-dealkylation sites (tertiary alicyclic amines) is 1. The molecule has 0 radical (unpaired) electrons. The van der Waals surface area contributed by atoms with Crippen molar-refractivity contribution in [1.29, 1.82) is 0 Å². The van der Waals surface area contributed by atoms with Gasteiger partial charge in [0.25, 0.3) is 0 Å². The Hall–Kier alpha value is -2.74. The van der Waals surface area contributed by atoms with Gasteiger partial charge in [-0.3, -0.25) is 14.5 Å². The molecule has 1 saturated heterocycles. The van der Waals surface area contributed by atoms with E-state index >= 15 is 0 Å². The molecule has 1 aromatic carbocycles. The number of fused-ring (bicyclic) bond motifs is 5. The molecule has 2 amide bonds. The maximum absolute atomic E-state index is 13.5. The summed E-state index contributed by atoms with van der Waals surface area (Å²) in [5.41, 5.74) is 1.05. The quantitative estimate of drug-likeness (QED) is 0.192. The molecular weight excluding hydrogens is 399 g/mol. The Morgan fingerprint density at radius 1 is 1.19 bits per heavy atom. The van der Waals surface area contributed by atoms with Gasteiger partial charge in [-0.1, -0.05) is 18.2 Å². The molecule has 166 valence electrons. The summed E-state index contributed by atoms with van der Waals surface area (Å²) in [6, 6.07) is 4.58. The highest BCUT2D eigenvalue weighted by atomic mass is 19.1.